The van der Waals surface area contributed by atoms with E-state index < -0.39 is 0 Å². The maximum atomic E-state index is 12.3. The van der Waals surface area contributed by atoms with Gasteiger partial charge >= 0.3 is 0 Å². The summed E-state index contributed by atoms with van der Waals surface area (Å²) in [6, 6.07) is 5.35. The number of carbonyl (C=O) groups is 1. The molecule has 0 saturated carbocycles. The van der Waals surface area contributed by atoms with Gasteiger partial charge in [-0.3, -0.25) is 4.79 Å². The van der Waals surface area contributed by atoms with Gasteiger partial charge in [0.1, 0.15) is 5.15 Å². The average Bonchev–Trinajstić information content (AvgIpc) is 2.41. The normalized spacial score (nSPS) is 9.42. The van der Waals surface area contributed by atoms with Crippen molar-refractivity contribution in [2.75, 3.05) is 18.8 Å². The van der Waals surface area contributed by atoms with Crippen molar-refractivity contribution in [3.05, 3.63) is 23.0 Å². The van der Waals surface area contributed by atoms with Crippen molar-refractivity contribution in [2.24, 2.45) is 0 Å². The highest BCUT2D eigenvalue weighted by atomic mass is 35.5. The summed E-state index contributed by atoms with van der Waals surface area (Å²) >= 11 is 5.86. The van der Waals surface area contributed by atoms with Crippen LogP contribution in [-0.4, -0.2) is 28.9 Å². The molecule has 1 rings (SSSR count). The van der Waals surface area contributed by atoms with Crippen LogP contribution in [0, 0.1) is 22.7 Å². The zero-order valence-electron chi connectivity index (χ0n) is 10.1. The van der Waals surface area contributed by atoms with Crippen molar-refractivity contribution in [3.63, 3.8) is 0 Å². The van der Waals surface area contributed by atoms with E-state index in [4.69, 9.17) is 27.9 Å². The average molecular weight is 278 g/mol. The summed E-state index contributed by atoms with van der Waals surface area (Å²) in [4.78, 5) is 17.5. The van der Waals surface area contributed by atoms with E-state index in [1.54, 1.807) is 0 Å². The first-order valence-corrected chi connectivity index (χ1v) is 5.92. The lowest BCUT2D eigenvalue weighted by molar-refractivity contribution is 0.0762. The van der Waals surface area contributed by atoms with Gasteiger partial charge in [0.05, 0.1) is 42.4 Å². The molecule has 0 saturated heterocycles. The summed E-state index contributed by atoms with van der Waals surface area (Å²) in [7, 11) is 0. The third-order valence-electron chi connectivity index (χ3n) is 2.36. The molecule has 19 heavy (non-hydrogen) atoms. The molecule has 1 aromatic rings. The summed E-state index contributed by atoms with van der Waals surface area (Å²) in [6.45, 7) is 0.476. The maximum Gasteiger partial charge on any atom is 0.257 e. The molecule has 0 aliphatic rings. The van der Waals surface area contributed by atoms with Crippen molar-refractivity contribution in [2.45, 2.75) is 12.8 Å². The second kappa shape index (κ2) is 7.20. The number of halogens is 1. The van der Waals surface area contributed by atoms with Gasteiger partial charge in [0.2, 0.25) is 0 Å². The highest BCUT2D eigenvalue weighted by molar-refractivity contribution is 6.32. The van der Waals surface area contributed by atoms with E-state index >= 15 is 0 Å². The summed E-state index contributed by atoms with van der Waals surface area (Å²) in [5.41, 5.74) is 6.07. The number of nitrogens with two attached hydrogens (primary N) is 1. The molecule has 0 aliphatic carbocycles. The summed E-state index contributed by atoms with van der Waals surface area (Å²) in [5.74, 6) is -0.379. The van der Waals surface area contributed by atoms with E-state index in [2.05, 4.69) is 4.98 Å². The third-order valence-corrected chi connectivity index (χ3v) is 2.67. The molecular formula is C12H12ClN5O. The Balaban J connectivity index is 2.94. The predicted molar refractivity (Wildman–Crippen MR) is 70.0 cm³/mol. The molecule has 6 nitrogen and oxygen atoms in total. The molecule has 0 fully saturated rings. The van der Waals surface area contributed by atoms with Crippen LogP contribution in [0.1, 0.15) is 23.2 Å². The lowest BCUT2D eigenvalue weighted by atomic mass is 10.2. The van der Waals surface area contributed by atoms with Crippen LogP contribution in [0.3, 0.4) is 0 Å². The van der Waals surface area contributed by atoms with Crippen LogP contribution in [-0.2, 0) is 0 Å². The second-order valence-electron chi connectivity index (χ2n) is 3.72. The molecule has 0 unspecified atom stereocenters. The molecule has 2 N–H and O–H groups in total. The zero-order valence-corrected chi connectivity index (χ0v) is 10.9. The monoisotopic (exact) mass is 277 g/mol. The van der Waals surface area contributed by atoms with Gasteiger partial charge < -0.3 is 10.6 Å². The quantitative estimate of drug-likeness (QED) is 0.822. The van der Waals surface area contributed by atoms with Crippen LogP contribution in [0.2, 0.25) is 5.15 Å². The van der Waals surface area contributed by atoms with Gasteiger partial charge in [0, 0.05) is 13.1 Å². The molecule has 1 amide bonds. The van der Waals surface area contributed by atoms with Gasteiger partial charge in [-0.2, -0.15) is 10.5 Å². The van der Waals surface area contributed by atoms with E-state index in [0.29, 0.717) is 5.69 Å². The molecule has 1 heterocycles. The SMILES string of the molecule is N#CCCN(CCC#N)C(=O)c1cc(N)cnc1Cl. The Morgan fingerprint density at radius 2 is 1.95 bits per heavy atom. The molecule has 0 radical (unpaired) electrons. The van der Waals surface area contributed by atoms with Gasteiger partial charge in [-0.25, -0.2) is 4.98 Å². The van der Waals surface area contributed by atoms with E-state index in [9.17, 15) is 4.79 Å². The van der Waals surface area contributed by atoms with Crippen LogP contribution in [0.5, 0.6) is 0 Å². The molecular weight excluding hydrogens is 266 g/mol. The first-order valence-electron chi connectivity index (χ1n) is 5.54. The van der Waals surface area contributed by atoms with E-state index in [-0.39, 0.29) is 42.6 Å². The topological polar surface area (TPSA) is 107 Å². The number of hydrogen-bond donors (Lipinski definition) is 1. The number of nitriles is 2. The highest BCUT2D eigenvalue weighted by Gasteiger charge is 2.19. The number of nitrogen functional groups attached to an aromatic ring is 1. The fourth-order valence-corrected chi connectivity index (χ4v) is 1.65. The Bertz CT molecular complexity index is 528. The number of carbonyl (C=O) groups excluding carboxylic acids is 1. The number of pyridine rings is 1. The Kier molecular flexibility index (Phi) is 5.59. The fraction of sp³-hybridized carbons (Fsp3) is 0.333. The largest absolute Gasteiger partial charge is 0.397 e. The standard InChI is InChI=1S/C12H12ClN5O/c13-11-10(7-9(16)8-17-11)12(19)18(5-1-3-14)6-2-4-15/h7-8H,1-2,5-6,16H2. The Morgan fingerprint density at radius 3 is 2.47 bits per heavy atom. The smallest absolute Gasteiger partial charge is 0.257 e. The van der Waals surface area contributed by atoms with E-state index in [1.807, 2.05) is 12.1 Å². The number of nitrogens with zero attached hydrogens (tertiary/aromatic N) is 4. The Hall–Kier alpha value is -2.31. The second-order valence-corrected chi connectivity index (χ2v) is 4.07. The van der Waals surface area contributed by atoms with Gasteiger partial charge in [-0.1, -0.05) is 11.6 Å². The van der Waals surface area contributed by atoms with Crippen LogP contribution in [0.4, 0.5) is 5.69 Å². The number of amides is 1. The predicted octanol–water partition coefficient (Wildman–Crippen LogP) is 1.59. The minimum absolute atomic E-state index is 0.0538. The first kappa shape index (κ1) is 14.7. The third kappa shape index (κ3) is 4.13. The molecule has 7 heteroatoms. The molecule has 0 spiro atoms. The van der Waals surface area contributed by atoms with Crippen molar-refractivity contribution in [1.82, 2.24) is 9.88 Å². The van der Waals surface area contributed by atoms with Crippen LogP contribution in [0.25, 0.3) is 0 Å². The van der Waals surface area contributed by atoms with E-state index in [1.165, 1.54) is 17.2 Å². The number of aromatic nitrogens is 1. The lowest BCUT2D eigenvalue weighted by Crippen LogP contribution is -2.33. The summed E-state index contributed by atoms with van der Waals surface area (Å²) < 4.78 is 0. The highest BCUT2D eigenvalue weighted by Crippen LogP contribution is 2.18. The van der Waals surface area contributed by atoms with Gasteiger partial charge in [-0.05, 0) is 6.07 Å². The molecule has 0 aliphatic heterocycles. The molecule has 0 atom stereocenters. The van der Waals surface area contributed by atoms with Gasteiger partial charge in [-0.15, -0.1) is 0 Å². The van der Waals surface area contributed by atoms with Gasteiger partial charge in [0.15, 0.2) is 0 Å². The Morgan fingerprint density at radius 1 is 1.37 bits per heavy atom. The van der Waals surface area contributed by atoms with Crippen LogP contribution < -0.4 is 5.73 Å². The van der Waals surface area contributed by atoms with Crippen LogP contribution in [0.15, 0.2) is 12.3 Å². The maximum absolute atomic E-state index is 12.3. The van der Waals surface area contributed by atoms with Crippen molar-refractivity contribution in [3.8, 4) is 12.1 Å². The zero-order chi connectivity index (χ0) is 14.3. The fourth-order valence-electron chi connectivity index (χ4n) is 1.47. The molecule has 1 aromatic heterocycles. The number of rotatable bonds is 5. The summed E-state index contributed by atoms with van der Waals surface area (Å²) in [5, 5.41) is 17.2. The van der Waals surface area contributed by atoms with Crippen molar-refractivity contribution in [1.29, 1.82) is 10.5 Å². The van der Waals surface area contributed by atoms with Crippen LogP contribution >= 0.6 is 11.6 Å². The minimum Gasteiger partial charge on any atom is -0.397 e. The van der Waals surface area contributed by atoms with Crippen molar-refractivity contribution < 1.29 is 4.79 Å². The molecule has 0 aromatic carbocycles. The molecule has 98 valence electrons. The lowest BCUT2D eigenvalue weighted by Gasteiger charge is -2.20. The molecule has 0 bridgehead atoms. The Labute approximate surface area is 116 Å². The minimum atomic E-state index is -0.379. The van der Waals surface area contributed by atoms with Gasteiger partial charge in [0.25, 0.3) is 5.91 Å². The number of anilines is 1. The van der Waals surface area contributed by atoms with E-state index in [0.717, 1.165) is 0 Å². The van der Waals surface area contributed by atoms with Crippen molar-refractivity contribution >= 4 is 23.2 Å². The number of hydrogen-bond acceptors (Lipinski definition) is 5. The summed E-state index contributed by atoms with van der Waals surface area (Å²) in [6.07, 6.45) is 1.73. The first-order chi connectivity index (χ1) is 9.10.